The van der Waals surface area contributed by atoms with Crippen LogP contribution >= 0.6 is 11.8 Å². The Hall–Kier alpha value is -2.51. The van der Waals surface area contributed by atoms with E-state index < -0.39 is 0 Å². The summed E-state index contributed by atoms with van der Waals surface area (Å²) in [4.78, 5) is 17.5. The summed E-state index contributed by atoms with van der Waals surface area (Å²) in [5.74, 6) is 0.684. The molecule has 10 nitrogen and oxygen atoms in total. The van der Waals surface area contributed by atoms with Gasteiger partial charge in [0.25, 0.3) is 5.91 Å². The largest absolute Gasteiger partial charge is 0.383 e. The summed E-state index contributed by atoms with van der Waals surface area (Å²) in [5, 5.41) is 6.95. The molecule has 40 heavy (non-hydrogen) atoms. The van der Waals surface area contributed by atoms with Crippen molar-refractivity contribution in [3.8, 4) is 0 Å². The van der Waals surface area contributed by atoms with Crippen molar-refractivity contribution in [2.24, 2.45) is 10.7 Å². The van der Waals surface area contributed by atoms with Crippen LogP contribution in [0.2, 0.25) is 0 Å². The third kappa shape index (κ3) is 12.3. The number of nitrogens with two attached hydrogens (primary N) is 1. The lowest BCUT2D eigenvalue weighted by Gasteiger charge is -2.11. The maximum atomic E-state index is 12.8. The van der Waals surface area contributed by atoms with Gasteiger partial charge in [-0.05, 0) is 36.2 Å². The standard InChI is InChI=1S/C29H42N4O6S/c1-23-21-25(31-10-12-36-14-16-38-18-20-39-19-17-37-15-13-35-11-9-30)7-8-26(23)28(34)33-29-32-27(22-40-29)24-5-3-2-4-6-24/h2-8,21,27,31H,9-20,22,30H2,1H3,(H,32,33,34). The van der Waals surface area contributed by atoms with Crippen LogP contribution < -0.4 is 16.4 Å². The Bertz CT molecular complexity index is 1030. The molecule has 3 rings (SSSR count). The minimum atomic E-state index is -0.143. The molecular weight excluding hydrogens is 532 g/mol. The highest BCUT2D eigenvalue weighted by atomic mass is 32.2. The van der Waals surface area contributed by atoms with Gasteiger partial charge in [-0.1, -0.05) is 42.1 Å². The number of benzene rings is 2. The summed E-state index contributed by atoms with van der Waals surface area (Å²) < 4.78 is 27.2. The van der Waals surface area contributed by atoms with Crippen molar-refractivity contribution in [2.45, 2.75) is 13.0 Å². The van der Waals surface area contributed by atoms with Gasteiger partial charge in [-0.3, -0.25) is 9.79 Å². The number of aryl methyl sites for hydroxylation is 1. The molecule has 0 aliphatic carbocycles. The van der Waals surface area contributed by atoms with Gasteiger partial charge in [0.2, 0.25) is 0 Å². The van der Waals surface area contributed by atoms with Crippen LogP contribution in [-0.4, -0.2) is 96.0 Å². The van der Waals surface area contributed by atoms with Crippen LogP contribution in [0.3, 0.4) is 0 Å². The number of hydrogen-bond donors (Lipinski definition) is 3. The number of ether oxygens (including phenoxy) is 5. The first-order valence-electron chi connectivity index (χ1n) is 13.7. The Morgan fingerprint density at radius 1 is 0.875 bits per heavy atom. The normalized spacial score (nSPS) is 14.8. The first-order valence-corrected chi connectivity index (χ1v) is 14.7. The van der Waals surface area contributed by atoms with Crippen molar-refractivity contribution in [1.29, 1.82) is 0 Å². The van der Waals surface area contributed by atoms with Gasteiger partial charge in [-0.2, -0.15) is 0 Å². The molecule has 0 saturated heterocycles. The number of amidine groups is 1. The van der Waals surface area contributed by atoms with Crippen LogP contribution in [0.15, 0.2) is 53.5 Å². The maximum Gasteiger partial charge on any atom is 0.257 e. The van der Waals surface area contributed by atoms with E-state index in [9.17, 15) is 4.79 Å². The number of thioether (sulfide) groups is 1. The van der Waals surface area contributed by atoms with Crippen molar-refractivity contribution in [1.82, 2.24) is 5.32 Å². The van der Waals surface area contributed by atoms with E-state index in [-0.39, 0.29) is 11.9 Å². The highest BCUT2D eigenvalue weighted by molar-refractivity contribution is 8.14. The summed E-state index contributed by atoms with van der Waals surface area (Å²) in [6.07, 6.45) is 0. The second-order valence-electron chi connectivity index (χ2n) is 8.93. The van der Waals surface area contributed by atoms with Crippen molar-refractivity contribution in [2.75, 3.05) is 90.2 Å². The van der Waals surface area contributed by atoms with Crippen molar-refractivity contribution < 1.29 is 28.5 Å². The Morgan fingerprint density at radius 3 is 2.08 bits per heavy atom. The van der Waals surface area contributed by atoms with E-state index in [0.717, 1.165) is 22.6 Å². The highest BCUT2D eigenvalue weighted by Crippen LogP contribution is 2.29. The molecule has 2 aromatic rings. The summed E-state index contributed by atoms with van der Waals surface area (Å²) in [5.41, 5.74) is 8.96. The van der Waals surface area contributed by atoms with E-state index in [0.29, 0.717) is 89.9 Å². The average molecular weight is 575 g/mol. The number of rotatable bonds is 20. The second kappa shape index (κ2) is 19.5. The van der Waals surface area contributed by atoms with E-state index in [1.165, 1.54) is 0 Å². The molecule has 1 aliphatic rings. The smallest absolute Gasteiger partial charge is 0.257 e. The predicted octanol–water partition coefficient (Wildman–Crippen LogP) is 3.02. The number of carbonyl (C=O) groups excluding carboxylic acids is 1. The fourth-order valence-electron chi connectivity index (χ4n) is 3.81. The summed E-state index contributed by atoms with van der Waals surface area (Å²) in [6.45, 7) is 8.41. The van der Waals surface area contributed by atoms with Crippen molar-refractivity contribution in [3.63, 3.8) is 0 Å². The van der Waals surface area contributed by atoms with Gasteiger partial charge in [0.15, 0.2) is 5.17 Å². The molecule has 1 atom stereocenters. The summed E-state index contributed by atoms with van der Waals surface area (Å²) in [6, 6.07) is 15.9. The zero-order valence-corrected chi connectivity index (χ0v) is 24.1. The minimum Gasteiger partial charge on any atom is -0.383 e. The molecule has 1 heterocycles. The van der Waals surface area contributed by atoms with Crippen LogP contribution in [0.25, 0.3) is 0 Å². The molecule has 2 aromatic carbocycles. The van der Waals surface area contributed by atoms with E-state index in [4.69, 9.17) is 29.4 Å². The number of nitrogens with zero attached hydrogens (tertiary/aromatic N) is 1. The molecule has 0 bridgehead atoms. The second-order valence-corrected chi connectivity index (χ2v) is 9.94. The number of aliphatic imine (C=N–C) groups is 1. The van der Waals surface area contributed by atoms with Crippen molar-refractivity contribution in [3.05, 3.63) is 65.2 Å². The lowest BCUT2D eigenvalue weighted by atomic mass is 10.1. The zero-order valence-electron chi connectivity index (χ0n) is 23.3. The average Bonchev–Trinajstić information content (AvgIpc) is 3.43. The summed E-state index contributed by atoms with van der Waals surface area (Å²) >= 11 is 1.57. The summed E-state index contributed by atoms with van der Waals surface area (Å²) in [7, 11) is 0. The van der Waals surface area contributed by atoms with E-state index in [1.807, 2.05) is 43.3 Å². The Morgan fingerprint density at radius 2 is 1.48 bits per heavy atom. The minimum absolute atomic E-state index is 0.0748. The van der Waals surface area contributed by atoms with Gasteiger partial charge < -0.3 is 40.1 Å². The third-order valence-corrected chi connectivity index (χ3v) is 6.82. The van der Waals surface area contributed by atoms with E-state index in [2.05, 4.69) is 27.8 Å². The molecule has 0 fully saturated rings. The third-order valence-electron chi connectivity index (χ3n) is 5.85. The fraction of sp³-hybridized carbons (Fsp3) is 0.517. The number of hydrogen-bond acceptors (Lipinski definition) is 10. The molecule has 0 aromatic heterocycles. The van der Waals surface area contributed by atoms with Gasteiger partial charge in [-0.25, -0.2) is 0 Å². The van der Waals surface area contributed by atoms with Gasteiger partial charge >= 0.3 is 0 Å². The zero-order chi connectivity index (χ0) is 28.3. The number of amides is 1. The number of nitrogens with one attached hydrogen (secondary N) is 2. The van der Waals surface area contributed by atoms with Crippen LogP contribution in [-0.2, 0) is 23.7 Å². The Balaban J connectivity index is 1.20. The molecule has 220 valence electrons. The molecule has 0 spiro atoms. The quantitative estimate of drug-likeness (QED) is 0.205. The molecule has 0 radical (unpaired) electrons. The van der Waals surface area contributed by atoms with Crippen LogP contribution in [0, 0.1) is 6.92 Å². The first kappa shape index (κ1) is 32.0. The van der Waals surface area contributed by atoms with E-state index >= 15 is 0 Å². The molecule has 0 saturated carbocycles. The fourth-order valence-corrected chi connectivity index (χ4v) is 4.76. The molecular formula is C29H42N4O6S. The van der Waals surface area contributed by atoms with Crippen LogP contribution in [0.5, 0.6) is 0 Å². The maximum absolute atomic E-state index is 12.8. The molecule has 1 amide bonds. The van der Waals surface area contributed by atoms with E-state index in [1.54, 1.807) is 11.8 Å². The lowest BCUT2D eigenvalue weighted by molar-refractivity contribution is -0.00985. The number of anilines is 1. The molecule has 4 N–H and O–H groups in total. The highest BCUT2D eigenvalue weighted by Gasteiger charge is 2.22. The Kier molecular flexibility index (Phi) is 15.6. The predicted molar refractivity (Wildman–Crippen MR) is 159 cm³/mol. The van der Waals surface area contributed by atoms with Gasteiger partial charge in [-0.15, -0.1) is 0 Å². The first-order chi connectivity index (χ1) is 19.7. The topological polar surface area (TPSA) is 126 Å². The molecule has 1 unspecified atom stereocenters. The van der Waals surface area contributed by atoms with Crippen LogP contribution in [0.1, 0.15) is 27.5 Å². The Labute approximate surface area is 241 Å². The van der Waals surface area contributed by atoms with Gasteiger partial charge in [0.05, 0.1) is 72.1 Å². The van der Waals surface area contributed by atoms with Crippen molar-refractivity contribution >= 4 is 28.5 Å². The number of carbonyl (C=O) groups is 1. The van der Waals surface area contributed by atoms with Crippen LogP contribution in [0.4, 0.5) is 5.69 Å². The lowest BCUT2D eigenvalue weighted by Crippen LogP contribution is -2.28. The van der Waals surface area contributed by atoms with Gasteiger partial charge in [0, 0.05) is 30.1 Å². The monoisotopic (exact) mass is 574 g/mol. The molecule has 11 heteroatoms. The molecule has 1 aliphatic heterocycles. The van der Waals surface area contributed by atoms with Gasteiger partial charge in [0.1, 0.15) is 0 Å². The SMILES string of the molecule is Cc1cc(NCCOCCOCCOCCOCCOCCN)ccc1C(=O)NC1=NC(c2ccccc2)CS1.